The Bertz CT molecular complexity index is 752. The number of piperidine rings is 1. The van der Waals surface area contributed by atoms with Gasteiger partial charge in [0, 0.05) is 19.5 Å². The Kier molecular flexibility index (Phi) is 8.91. The predicted molar refractivity (Wildman–Crippen MR) is 121 cm³/mol. The standard InChI is InChI=1S/C26H35NO3/c1-2-8-21-12-14-23(15-13-21)26(22-9-4-3-5-10-22)30-24-16-19-27(20-17-24)18-7-6-11-25(28)29/h3-5,9-10,12-15,24,26H,2,6-8,11,16-20H2,1H3,(H,28,29). The monoisotopic (exact) mass is 409 g/mol. The highest BCUT2D eigenvalue weighted by molar-refractivity contribution is 5.66. The van der Waals surface area contributed by atoms with Gasteiger partial charge in [0.25, 0.3) is 0 Å². The molecule has 1 heterocycles. The van der Waals surface area contributed by atoms with Gasteiger partial charge in [-0.3, -0.25) is 4.79 Å². The highest BCUT2D eigenvalue weighted by atomic mass is 16.5. The zero-order valence-corrected chi connectivity index (χ0v) is 18.1. The Morgan fingerprint density at radius 2 is 1.70 bits per heavy atom. The van der Waals surface area contributed by atoms with Gasteiger partial charge in [-0.25, -0.2) is 0 Å². The predicted octanol–water partition coefficient (Wildman–Crippen LogP) is 5.46. The number of hydrogen-bond acceptors (Lipinski definition) is 3. The molecule has 0 aliphatic carbocycles. The molecule has 0 aromatic heterocycles. The van der Waals surface area contributed by atoms with Crippen molar-refractivity contribution in [2.45, 2.75) is 64.1 Å². The maximum absolute atomic E-state index is 10.7. The van der Waals surface area contributed by atoms with Gasteiger partial charge in [0.15, 0.2) is 0 Å². The molecule has 2 aromatic rings. The molecule has 0 saturated carbocycles. The summed E-state index contributed by atoms with van der Waals surface area (Å²) in [5.74, 6) is -0.697. The van der Waals surface area contributed by atoms with Crippen LogP contribution in [0.1, 0.15) is 68.2 Å². The van der Waals surface area contributed by atoms with E-state index in [2.05, 4.69) is 60.4 Å². The first-order valence-electron chi connectivity index (χ1n) is 11.4. The summed E-state index contributed by atoms with van der Waals surface area (Å²) in [6.07, 6.45) is 6.52. The Morgan fingerprint density at radius 1 is 1.03 bits per heavy atom. The third-order valence-electron chi connectivity index (χ3n) is 5.90. The average molecular weight is 410 g/mol. The van der Waals surface area contributed by atoms with Gasteiger partial charge >= 0.3 is 5.97 Å². The molecule has 0 amide bonds. The van der Waals surface area contributed by atoms with Crippen LogP contribution >= 0.6 is 0 Å². The molecule has 0 bridgehead atoms. The number of rotatable bonds is 11. The summed E-state index contributed by atoms with van der Waals surface area (Å²) in [4.78, 5) is 13.1. The number of carboxylic acids is 1. The lowest BCUT2D eigenvalue weighted by Gasteiger charge is -2.34. The molecular weight excluding hydrogens is 374 g/mol. The van der Waals surface area contributed by atoms with E-state index in [0.29, 0.717) is 0 Å². The average Bonchev–Trinajstić information content (AvgIpc) is 2.77. The summed E-state index contributed by atoms with van der Waals surface area (Å²) in [5, 5.41) is 8.77. The zero-order valence-electron chi connectivity index (χ0n) is 18.1. The van der Waals surface area contributed by atoms with Gasteiger partial charge in [-0.05, 0) is 55.3 Å². The van der Waals surface area contributed by atoms with Crippen molar-refractivity contribution < 1.29 is 14.6 Å². The molecule has 3 rings (SSSR count). The lowest BCUT2D eigenvalue weighted by molar-refractivity contribution is -0.137. The van der Waals surface area contributed by atoms with E-state index in [9.17, 15) is 4.79 Å². The van der Waals surface area contributed by atoms with E-state index >= 15 is 0 Å². The quantitative estimate of drug-likeness (QED) is 0.500. The van der Waals surface area contributed by atoms with Gasteiger partial charge in [-0.1, -0.05) is 67.9 Å². The van der Waals surface area contributed by atoms with Gasteiger partial charge in [0.1, 0.15) is 6.10 Å². The first-order chi connectivity index (χ1) is 14.7. The molecule has 2 aromatic carbocycles. The molecule has 0 spiro atoms. The van der Waals surface area contributed by atoms with Crippen molar-refractivity contribution in [2.24, 2.45) is 0 Å². The summed E-state index contributed by atoms with van der Waals surface area (Å²) in [6, 6.07) is 19.4. The topological polar surface area (TPSA) is 49.8 Å². The van der Waals surface area contributed by atoms with Crippen molar-refractivity contribution in [3.8, 4) is 0 Å². The summed E-state index contributed by atoms with van der Waals surface area (Å²) >= 11 is 0. The normalized spacial score (nSPS) is 16.4. The second-order valence-corrected chi connectivity index (χ2v) is 8.31. The molecule has 4 heteroatoms. The van der Waals surface area contributed by atoms with Crippen LogP contribution in [0.25, 0.3) is 0 Å². The van der Waals surface area contributed by atoms with Gasteiger partial charge < -0.3 is 14.7 Å². The number of likely N-dealkylation sites (tertiary alicyclic amines) is 1. The van der Waals surface area contributed by atoms with Gasteiger partial charge in [-0.15, -0.1) is 0 Å². The lowest BCUT2D eigenvalue weighted by atomic mass is 9.98. The van der Waals surface area contributed by atoms with Gasteiger partial charge in [0.05, 0.1) is 6.10 Å². The minimum Gasteiger partial charge on any atom is -0.481 e. The minimum atomic E-state index is -0.697. The number of unbranched alkanes of at least 4 members (excludes halogenated alkanes) is 1. The van der Waals surface area contributed by atoms with Crippen LogP contribution < -0.4 is 0 Å². The summed E-state index contributed by atoms with van der Waals surface area (Å²) in [5.41, 5.74) is 3.80. The van der Waals surface area contributed by atoms with Gasteiger partial charge in [0.2, 0.25) is 0 Å². The Balaban J connectivity index is 1.57. The van der Waals surface area contributed by atoms with E-state index in [-0.39, 0.29) is 18.6 Å². The number of carboxylic acid groups (broad SMARTS) is 1. The molecule has 30 heavy (non-hydrogen) atoms. The zero-order chi connectivity index (χ0) is 21.2. The van der Waals surface area contributed by atoms with Crippen LogP contribution in [0.15, 0.2) is 54.6 Å². The number of nitrogens with zero attached hydrogens (tertiary/aromatic N) is 1. The van der Waals surface area contributed by atoms with Crippen LogP contribution in [0.5, 0.6) is 0 Å². The summed E-state index contributed by atoms with van der Waals surface area (Å²) < 4.78 is 6.66. The van der Waals surface area contributed by atoms with Crippen LogP contribution in [-0.2, 0) is 16.0 Å². The SMILES string of the molecule is CCCc1ccc(C(OC2CCN(CCCCC(=O)O)CC2)c2ccccc2)cc1. The number of hydrogen-bond donors (Lipinski definition) is 1. The molecule has 0 radical (unpaired) electrons. The van der Waals surface area contributed by atoms with Crippen LogP contribution in [0.4, 0.5) is 0 Å². The summed E-state index contributed by atoms with van der Waals surface area (Å²) in [6.45, 7) is 5.24. The number of ether oxygens (including phenoxy) is 1. The van der Waals surface area contributed by atoms with Crippen molar-refractivity contribution >= 4 is 5.97 Å². The van der Waals surface area contributed by atoms with E-state index in [4.69, 9.17) is 9.84 Å². The first kappa shape index (κ1) is 22.5. The fraction of sp³-hybridized carbons (Fsp3) is 0.500. The van der Waals surface area contributed by atoms with E-state index in [0.717, 1.165) is 58.2 Å². The van der Waals surface area contributed by atoms with Crippen LogP contribution in [0, 0.1) is 0 Å². The molecule has 1 unspecified atom stereocenters. The van der Waals surface area contributed by atoms with Crippen molar-refractivity contribution in [3.63, 3.8) is 0 Å². The molecule has 1 saturated heterocycles. The van der Waals surface area contributed by atoms with E-state index in [1.807, 2.05) is 6.07 Å². The fourth-order valence-electron chi connectivity index (χ4n) is 4.20. The van der Waals surface area contributed by atoms with Crippen molar-refractivity contribution in [2.75, 3.05) is 19.6 Å². The Morgan fingerprint density at radius 3 is 2.33 bits per heavy atom. The minimum absolute atomic E-state index is 0.0333. The fourth-order valence-corrected chi connectivity index (χ4v) is 4.20. The smallest absolute Gasteiger partial charge is 0.303 e. The highest BCUT2D eigenvalue weighted by Gasteiger charge is 2.24. The van der Waals surface area contributed by atoms with Crippen molar-refractivity contribution in [1.29, 1.82) is 0 Å². The van der Waals surface area contributed by atoms with Crippen LogP contribution in [0.2, 0.25) is 0 Å². The molecular formula is C26H35NO3. The first-order valence-corrected chi connectivity index (χ1v) is 11.4. The van der Waals surface area contributed by atoms with Crippen LogP contribution in [-0.4, -0.2) is 41.7 Å². The number of aliphatic carboxylic acids is 1. The molecule has 1 aliphatic heterocycles. The maximum Gasteiger partial charge on any atom is 0.303 e. The third-order valence-corrected chi connectivity index (χ3v) is 5.90. The van der Waals surface area contributed by atoms with E-state index in [1.165, 1.54) is 16.7 Å². The maximum atomic E-state index is 10.7. The van der Waals surface area contributed by atoms with E-state index < -0.39 is 5.97 Å². The number of aryl methyl sites for hydroxylation is 1. The van der Waals surface area contributed by atoms with Crippen molar-refractivity contribution in [3.05, 3.63) is 71.3 Å². The highest BCUT2D eigenvalue weighted by Crippen LogP contribution is 2.30. The largest absolute Gasteiger partial charge is 0.481 e. The number of benzene rings is 2. The molecule has 162 valence electrons. The number of carbonyl (C=O) groups is 1. The molecule has 1 N–H and O–H groups in total. The van der Waals surface area contributed by atoms with Crippen LogP contribution in [0.3, 0.4) is 0 Å². The third kappa shape index (κ3) is 6.96. The lowest BCUT2D eigenvalue weighted by Crippen LogP contribution is -2.38. The molecule has 1 fully saturated rings. The Labute approximate surface area is 180 Å². The molecule has 1 aliphatic rings. The Hall–Kier alpha value is -2.17. The van der Waals surface area contributed by atoms with Gasteiger partial charge in [-0.2, -0.15) is 0 Å². The van der Waals surface area contributed by atoms with Crippen molar-refractivity contribution in [1.82, 2.24) is 4.90 Å². The van der Waals surface area contributed by atoms with E-state index in [1.54, 1.807) is 0 Å². The second kappa shape index (κ2) is 11.9. The summed E-state index contributed by atoms with van der Waals surface area (Å²) in [7, 11) is 0. The molecule has 4 nitrogen and oxygen atoms in total. The molecule has 1 atom stereocenters. The second-order valence-electron chi connectivity index (χ2n) is 8.31.